The fourth-order valence-corrected chi connectivity index (χ4v) is 2.75. The number of anilines is 1. The number of rotatable bonds is 0. The topological polar surface area (TPSA) is 75.3 Å². The van der Waals surface area contributed by atoms with Gasteiger partial charge in [-0.05, 0) is 28.1 Å². The smallest absolute Gasteiger partial charge is 0.268 e. The molecule has 2 rings (SSSR count). The molecule has 1 aliphatic heterocycles. The van der Waals surface area contributed by atoms with E-state index >= 15 is 0 Å². The van der Waals surface area contributed by atoms with E-state index < -0.39 is 21.9 Å². The molecule has 0 radical (unpaired) electrons. The molecule has 8 heteroatoms. The van der Waals surface area contributed by atoms with Crippen LogP contribution < -0.4 is 9.44 Å². The zero-order valence-electron chi connectivity index (χ0n) is 7.04. The van der Waals surface area contributed by atoms with E-state index in [1.807, 2.05) is 0 Å². The summed E-state index contributed by atoms with van der Waals surface area (Å²) in [4.78, 5) is 11.3. The molecular weight excluding hydrogens is 291 g/mol. The van der Waals surface area contributed by atoms with Crippen LogP contribution in [0.3, 0.4) is 0 Å². The lowest BCUT2D eigenvalue weighted by Crippen LogP contribution is -2.40. The van der Waals surface area contributed by atoms with Crippen molar-refractivity contribution in [2.75, 3.05) is 4.72 Å². The Hall–Kier alpha value is -1.15. The molecule has 0 atom stereocenters. The molecule has 0 aliphatic carbocycles. The highest BCUT2D eigenvalue weighted by Crippen LogP contribution is 2.30. The van der Waals surface area contributed by atoms with Crippen LogP contribution >= 0.6 is 15.9 Å². The van der Waals surface area contributed by atoms with E-state index in [2.05, 4.69) is 20.7 Å². The van der Waals surface area contributed by atoms with Crippen molar-refractivity contribution in [2.45, 2.75) is 0 Å². The van der Waals surface area contributed by atoms with Gasteiger partial charge >= 0.3 is 10.2 Å². The largest absolute Gasteiger partial charge is 0.324 e. The molecule has 2 N–H and O–H groups in total. The summed E-state index contributed by atoms with van der Waals surface area (Å²) in [5, 5.41) is 0. The third-order valence-electron chi connectivity index (χ3n) is 1.76. The number of nitrogens with one attached hydrogen (secondary N) is 2. The van der Waals surface area contributed by atoms with Crippen LogP contribution in [0.1, 0.15) is 10.4 Å². The van der Waals surface area contributed by atoms with E-state index in [-0.39, 0.29) is 15.7 Å². The average Bonchev–Trinajstić information content (AvgIpc) is 2.06. The molecule has 1 heterocycles. The zero-order chi connectivity index (χ0) is 11.2. The monoisotopic (exact) mass is 294 g/mol. The van der Waals surface area contributed by atoms with Crippen molar-refractivity contribution >= 4 is 37.7 Å². The second kappa shape index (κ2) is 3.17. The van der Waals surface area contributed by atoms with Crippen LogP contribution in [0.15, 0.2) is 16.6 Å². The van der Waals surface area contributed by atoms with E-state index in [0.717, 1.165) is 12.1 Å². The van der Waals surface area contributed by atoms with Gasteiger partial charge in [-0.25, -0.2) is 9.11 Å². The molecule has 1 amide bonds. The first kappa shape index (κ1) is 10.4. The van der Waals surface area contributed by atoms with Gasteiger partial charge < -0.3 is 0 Å². The van der Waals surface area contributed by atoms with Gasteiger partial charge in [-0.3, -0.25) is 9.52 Å². The summed E-state index contributed by atoms with van der Waals surface area (Å²) in [5.74, 6) is -1.49. The highest BCUT2D eigenvalue weighted by atomic mass is 79.9. The van der Waals surface area contributed by atoms with Gasteiger partial charge in [-0.15, -0.1) is 0 Å². The molecule has 0 aromatic heterocycles. The van der Waals surface area contributed by atoms with Crippen molar-refractivity contribution in [3.8, 4) is 0 Å². The van der Waals surface area contributed by atoms with Crippen molar-refractivity contribution in [3.05, 3.63) is 28.0 Å². The van der Waals surface area contributed by atoms with Crippen LogP contribution in [0.2, 0.25) is 0 Å². The number of hydrogen-bond acceptors (Lipinski definition) is 3. The molecule has 0 saturated heterocycles. The first-order valence-corrected chi connectivity index (χ1v) is 6.00. The highest BCUT2D eigenvalue weighted by Gasteiger charge is 2.28. The Morgan fingerprint density at radius 3 is 2.60 bits per heavy atom. The lowest BCUT2D eigenvalue weighted by molar-refractivity contribution is 0.0980. The molecule has 80 valence electrons. The lowest BCUT2D eigenvalue weighted by Gasteiger charge is -2.19. The van der Waals surface area contributed by atoms with Gasteiger partial charge in [0.2, 0.25) is 0 Å². The van der Waals surface area contributed by atoms with E-state index in [9.17, 15) is 17.6 Å². The molecule has 5 nitrogen and oxygen atoms in total. The normalized spacial score (nSPS) is 17.6. The summed E-state index contributed by atoms with van der Waals surface area (Å²) < 4.78 is 39.1. The van der Waals surface area contributed by atoms with Gasteiger partial charge in [0.05, 0.1) is 11.3 Å². The first-order chi connectivity index (χ1) is 6.89. The van der Waals surface area contributed by atoms with Crippen molar-refractivity contribution in [2.24, 2.45) is 0 Å². The number of carbonyl (C=O) groups is 1. The molecular formula is C7H4BrFN2O3S. The van der Waals surface area contributed by atoms with Crippen LogP contribution in [0.4, 0.5) is 10.1 Å². The van der Waals surface area contributed by atoms with Gasteiger partial charge in [0.25, 0.3) is 5.91 Å². The zero-order valence-corrected chi connectivity index (χ0v) is 9.45. The molecule has 1 aromatic carbocycles. The number of amides is 1. The van der Waals surface area contributed by atoms with Gasteiger partial charge in [-0.1, -0.05) is 0 Å². The number of hydrogen-bond donors (Lipinski definition) is 2. The highest BCUT2D eigenvalue weighted by molar-refractivity contribution is 9.10. The summed E-state index contributed by atoms with van der Waals surface area (Å²) in [6.45, 7) is 0. The average molecular weight is 295 g/mol. The van der Waals surface area contributed by atoms with Gasteiger partial charge in [0.15, 0.2) is 0 Å². The minimum atomic E-state index is -3.88. The van der Waals surface area contributed by atoms with Crippen LogP contribution in [0, 0.1) is 5.82 Å². The fourth-order valence-electron chi connectivity index (χ4n) is 1.19. The number of carbonyl (C=O) groups excluding carboxylic acids is 1. The minimum absolute atomic E-state index is 0.0418. The van der Waals surface area contributed by atoms with Crippen LogP contribution in [0.5, 0.6) is 0 Å². The molecule has 15 heavy (non-hydrogen) atoms. The van der Waals surface area contributed by atoms with Gasteiger partial charge in [0.1, 0.15) is 5.82 Å². The van der Waals surface area contributed by atoms with Gasteiger partial charge in [0, 0.05) is 4.47 Å². The van der Waals surface area contributed by atoms with E-state index in [1.165, 1.54) is 0 Å². The van der Waals surface area contributed by atoms with Crippen molar-refractivity contribution < 1.29 is 17.6 Å². The fraction of sp³-hybridized carbons (Fsp3) is 0. The van der Waals surface area contributed by atoms with Crippen LogP contribution in [-0.4, -0.2) is 14.3 Å². The molecule has 0 fully saturated rings. The Labute approximate surface area is 93.0 Å². The van der Waals surface area contributed by atoms with Crippen molar-refractivity contribution in [1.29, 1.82) is 0 Å². The Morgan fingerprint density at radius 2 is 1.93 bits per heavy atom. The summed E-state index contributed by atoms with van der Waals surface area (Å²) in [5.41, 5.74) is -0.0168. The maximum Gasteiger partial charge on any atom is 0.324 e. The first-order valence-electron chi connectivity index (χ1n) is 3.73. The second-order valence-electron chi connectivity index (χ2n) is 2.85. The standard InChI is InChI=1S/C7H4BrFN2O3S/c8-5-2-3(9)1-4-6(5)10-15(13,14)11-7(4)12/h1-2,10H,(H,11,12). The predicted molar refractivity (Wildman–Crippen MR) is 54.1 cm³/mol. The SMILES string of the molecule is O=C1NS(=O)(=O)Nc2c(Br)cc(F)cc21. The Kier molecular flexibility index (Phi) is 2.19. The maximum atomic E-state index is 12.9. The third-order valence-corrected chi connectivity index (χ3v) is 3.32. The Bertz CT molecular complexity index is 558. The molecule has 1 aliphatic rings. The quantitative estimate of drug-likeness (QED) is 0.749. The Morgan fingerprint density at radius 1 is 1.27 bits per heavy atom. The number of benzene rings is 1. The molecule has 0 saturated carbocycles. The molecule has 0 bridgehead atoms. The van der Waals surface area contributed by atoms with Crippen LogP contribution in [0.25, 0.3) is 0 Å². The van der Waals surface area contributed by atoms with E-state index in [4.69, 9.17) is 0 Å². The second-order valence-corrected chi connectivity index (χ2v) is 5.12. The Balaban J connectivity index is 2.70. The summed E-state index contributed by atoms with van der Waals surface area (Å²) in [6.07, 6.45) is 0. The van der Waals surface area contributed by atoms with Crippen molar-refractivity contribution in [1.82, 2.24) is 4.72 Å². The van der Waals surface area contributed by atoms with E-state index in [0.29, 0.717) is 0 Å². The molecule has 1 aromatic rings. The van der Waals surface area contributed by atoms with Crippen molar-refractivity contribution in [3.63, 3.8) is 0 Å². The third kappa shape index (κ3) is 1.82. The maximum absolute atomic E-state index is 12.9. The van der Waals surface area contributed by atoms with Gasteiger partial charge in [-0.2, -0.15) is 8.42 Å². The lowest BCUT2D eigenvalue weighted by atomic mass is 10.1. The van der Waals surface area contributed by atoms with E-state index in [1.54, 1.807) is 4.72 Å². The molecule has 0 unspecified atom stereocenters. The number of fused-ring (bicyclic) bond motifs is 1. The minimum Gasteiger partial charge on any atom is -0.268 e. The number of halogens is 2. The summed E-state index contributed by atoms with van der Waals surface area (Å²) >= 11 is 2.97. The van der Waals surface area contributed by atoms with Crippen LogP contribution in [-0.2, 0) is 10.2 Å². The summed E-state index contributed by atoms with van der Waals surface area (Å²) in [6, 6.07) is 2.02. The summed E-state index contributed by atoms with van der Waals surface area (Å²) in [7, 11) is -3.88. The predicted octanol–water partition coefficient (Wildman–Crippen LogP) is 0.988. The molecule has 0 spiro atoms.